The van der Waals surface area contributed by atoms with Crippen molar-refractivity contribution in [1.29, 1.82) is 0 Å². The highest BCUT2D eigenvalue weighted by Crippen LogP contribution is 2.25. The number of anilines is 2. The Kier molecular flexibility index (Phi) is 10.1. The van der Waals surface area contributed by atoms with Gasteiger partial charge in [-0.3, -0.25) is 9.59 Å². The van der Waals surface area contributed by atoms with Crippen molar-refractivity contribution < 1.29 is 28.6 Å². The number of carbonyl (C=O) groups excluding carboxylic acids is 2. The van der Waals surface area contributed by atoms with Crippen molar-refractivity contribution in [2.75, 3.05) is 37.0 Å². The number of carboxylic acids is 1. The fraction of sp³-hybridized carbons (Fsp3) is 0.200. The van der Waals surface area contributed by atoms with Crippen LogP contribution in [0.2, 0.25) is 5.02 Å². The fourth-order valence-corrected chi connectivity index (χ4v) is 4.67. The number of carbonyl (C=O) groups is 3. The molecule has 1 aromatic heterocycles. The van der Waals surface area contributed by atoms with E-state index in [1.54, 1.807) is 0 Å². The van der Waals surface area contributed by atoms with Crippen LogP contribution in [0.25, 0.3) is 11.8 Å². The van der Waals surface area contributed by atoms with Crippen molar-refractivity contribution in [3.63, 3.8) is 0 Å². The summed E-state index contributed by atoms with van der Waals surface area (Å²) in [7, 11) is 0. The molecule has 15 heteroatoms. The largest absolute Gasteiger partial charge is 0.478 e. The molecule has 1 fully saturated rings. The number of amides is 2. The Bertz CT molecular complexity index is 1680. The molecule has 1 aliphatic heterocycles. The van der Waals surface area contributed by atoms with E-state index in [2.05, 4.69) is 31.6 Å². The van der Waals surface area contributed by atoms with Crippen molar-refractivity contribution >= 4 is 46.8 Å². The molecule has 3 aromatic carbocycles. The standard InChI is InChI=1S/C30H28ClFN8O5/c31-24-10-11-26(40-18-33-37-38-40)23(28(24)32)9-12-27(41)35-25(29(42)34-21-7-3-20(4-8-21)30(43)44)17-19-1-5-22(6-2-19)36-39-13-15-45-16-14-39/h1-12,18,25,36H,13-17H2,(H,34,42)(H,35,41)(H,43,44)/b12-9+. The van der Waals surface area contributed by atoms with E-state index >= 15 is 0 Å². The normalized spacial score (nSPS) is 14.2. The van der Waals surface area contributed by atoms with Gasteiger partial charge >= 0.3 is 5.97 Å². The lowest BCUT2D eigenvalue weighted by Gasteiger charge is -2.28. The van der Waals surface area contributed by atoms with Crippen LogP contribution in [0.3, 0.4) is 0 Å². The molecule has 1 saturated heterocycles. The molecule has 0 saturated carbocycles. The quantitative estimate of drug-likeness (QED) is 0.180. The summed E-state index contributed by atoms with van der Waals surface area (Å²) in [5.74, 6) is -3.10. The van der Waals surface area contributed by atoms with Crippen LogP contribution in [0.15, 0.2) is 73.1 Å². The lowest BCUT2D eigenvalue weighted by Crippen LogP contribution is -2.44. The second-order valence-electron chi connectivity index (χ2n) is 9.93. The number of nitrogens with one attached hydrogen (secondary N) is 3. The minimum absolute atomic E-state index is 0.0344. The monoisotopic (exact) mass is 634 g/mol. The van der Waals surface area contributed by atoms with Crippen LogP contribution in [0.5, 0.6) is 0 Å². The number of hydrogen-bond donors (Lipinski definition) is 4. The van der Waals surface area contributed by atoms with E-state index in [0.717, 1.165) is 30.4 Å². The van der Waals surface area contributed by atoms with Crippen molar-refractivity contribution in [2.24, 2.45) is 0 Å². The Morgan fingerprint density at radius 1 is 1.02 bits per heavy atom. The number of nitrogens with zero attached hydrogens (tertiary/aromatic N) is 5. The molecule has 0 bridgehead atoms. The summed E-state index contributed by atoms with van der Waals surface area (Å²) < 4.78 is 21.6. The van der Waals surface area contributed by atoms with E-state index in [1.807, 2.05) is 29.3 Å². The average Bonchev–Trinajstić information content (AvgIpc) is 3.58. The van der Waals surface area contributed by atoms with Crippen LogP contribution in [0.1, 0.15) is 21.5 Å². The molecule has 45 heavy (non-hydrogen) atoms. The second kappa shape index (κ2) is 14.5. The summed E-state index contributed by atoms with van der Waals surface area (Å²) in [5, 5.41) is 27.3. The van der Waals surface area contributed by atoms with Crippen LogP contribution < -0.4 is 16.1 Å². The number of hydrazine groups is 1. The van der Waals surface area contributed by atoms with E-state index in [-0.39, 0.29) is 28.3 Å². The van der Waals surface area contributed by atoms with Gasteiger partial charge in [-0.25, -0.2) is 14.2 Å². The minimum atomic E-state index is -1.10. The first kappa shape index (κ1) is 31.3. The lowest BCUT2D eigenvalue weighted by atomic mass is 10.0. The summed E-state index contributed by atoms with van der Waals surface area (Å²) in [6, 6.07) is 14.8. The van der Waals surface area contributed by atoms with Crippen LogP contribution >= 0.6 is 11.6 Å². The van der Waals surface area contributed by atoms with Gasteiger partial charge in [0.15, 0.2) is 5.82 Å². The highest BCUT2D eigenvalue weighted by molar-refractivity contribution is 6.31. The number of aromatic carboxylic acids is 1. The van der Waals surface area contributed by atoms with Crippen LogP contribution in [-0.2, 0) is 20.7 Å². The highest BCUT2D eigenvalue weighted by Gasteiger charge is 2.22. The van der Waals surface area contributed by atoms with E-state index in [4.69, 9.17) is 21.4 Å². The zero-order valence-corrected chi connectivity index (χ0v) is 24.4. The number of aromatic nitrogens is 4. The van der Waals surface area contributed by atoms with Crippen LogP contribution in [0.4, 0.5) is 15.8 Å². The number of rotatable bonds is 11. The number of ether oxygens (including phenoxy) is 1. The molecule has 5 rings (SSSR count). The molecule has 0 aliphatic carbocycles. The number of hydrogen-bond acceptors (Lipinski definition) is 9. The highest BCUT2D eigenvalue weighted by atomic mass is 35.5. The van der Waals surface area contributed by atoms with Gasteiger partial charge in [-0.1, -0.05) is 23.7 Å². The van der Waals surface area contributed by atoms with Crippen LogP contribution in [-0.4, -0.2) is 80.5 Å². The van der Waals surface area contributed by atoms with E-state index in [1.165, 1.54) is 53.5 Å². The van der Waals surface area contributed by atoms with Gasteiger partial charge in [0.1, 0.15) is 12.4 Å². The van der Waals surface area contributed by atoms with E-state index < -0.39 is 29.6 Å². The third-order valence-electron chi connectivity index (χ3n) is 6.83. The number of tetrazole rings is 1. The molecule has 2 amide bonds. The molecule has 4 N–H and O–H groups in total. The molecule has 232 valence electrons. The fourth-order valence-electron chi connectivity index (χ4n) is 4.51. The first-order valence-electron chi connectivity index (χ1n) is 13.8. The van der Waals surface area contributed by atoms with Crippen molar-refractivity contribution in [3.8, 4) is 5.69 Å². The first-order chi connectivity index (χ1) is 21.8. The molecule has 1 atom stereocenters. The molecule has 0 radical (unpaired) electrons. The third-order valence-corrected chi connectivity index (χ3v) is 7.12. The lowest BCUT2D eigenvalue weighted by molar-refractivity contribution is -0.123. The number of halogens is 2. The molecule has 1 unspecified atom stereocenters. The Labute approximate surface area is 261 Å². The maximum atomic E-state index is 15.0. The Morgan fingerprint density at radius 2 is 1.73 bits per heavy atom. The molecular formula is C30H28ClFN8O5. The predicted molar refractivity (Wildman–Crippen MR) is 163 cm³/mol. The number of benzene rings is 3. The van der Waals surface area contributed by atoms with Crippen molar-refractivity contribution in [2.45, 2.75) is 12.5 Å². The zero-order valence-electron chi connectivity index (χ0n) is 23.7. The topological polar surface area (TPSA) is 164 Å². The molecular weight excluding hydrogens is 607 g/mol. The number of carboxylic acid groups (broad SMARTS) is 1. The summed E-state index contributed by atoms with van der Waals surface area (Å²) in [6.45, 7) is 2.76. The molecule has 13 nitrogen and oxygen atoms in total. The Balaban J connectivity index is 1.33. The Morgan fingerprint density at radius 3 is 2.40 bits per heavy atom. The zero-order chi connectivity index (χ0) is 31.8. The van der Waals surface area contributed by atoms with Gasteiger partial charge in [0.2, 0.25) is 11.8 Å². The predicted octanol–water partition coefficient (Wildman–Crippen LogP) is 3.19. The minimum Gasteiger partial charge on any atom is -0.478 e. The second-order valence-corrected chi connectivity index (χ2v) is 10.3. The van der Waals surface area contributed by atoms with Crippen molar-refractivity contribution in [3.05, 3.63) is 101 Å². The van der Waals surface area contributed by atoms with Gasteiger partial charge in [-0.15, -0.1) is 5.10 Å². The first-order valence-corrected chi connectivity index (χ1v) is 14.2. The molecule has 4 aromatic rings. The Hall–Kier alpha value is -5.18. The summed E-state index contributed by atoms with van der Waals surface area (Å²) in [5.41, 5.74) is 5.55. The van der Waals surface area contributed by atoms with E-state index in [0.29, 0.717) is 18.9 Å². The summed E-state index contributed by atoms with van der Waals surface area (Å²) in [6.07, 6.45) is 3.70. The molecule has 1 aliphatic rings. The smallest absolute Gasteiger partial charge is 0.335 e. The summed E-state index contributed by atoms with van der Waals surface area (Å²) in [4.78, 5) is 37.7. The van der Waals surface area contributed by atoms with Gasteiger partial charge in [0.05, 0.1) is 29.5 Å². The van der Waals surface area contributed by atoms with Crippen LogP contribution in [0, 0.1) is 5.82 Å². The third kappa shape index (κ3) is 8.26. The molecule has 2 heterocycles. The van der Waals surface area contributed by atoms with Gasteiger partial charge in [-0.05, 0) is 70.6 Å². The van der Waals surface area contributed by atoms with E-state index in [9.17, 15) is 18.8 Å². The SMILES string of the molecule is O=C(/C=C/c1c(-n2cnnn2)ccc(Cl)c1F)NC(Cc1ccc(NN2CCOCC2)cc1)C(=O)Nc1ccc(C(=O)O)cc1. The molecule has 0 spiro atoms. The van der Waals surface area contributed by atoms with Gasteiger partial charge in [0, 0.05) is 42.5 Å². The summed E-state index contributed by atoms with van der Waals surface area (Å²) >= 11 is 5.98. The maximum absolute atomic E-state index is 15.0. The van der Waals surface area contributed by atoms with Gasteiger partial charge < -0.3 is 25.9 Å². The van der Waals surface area contributed by atoms with Crippen molar-refractivity contribution in [1.82, 2.24) is 30.5 Å². The maximum Gasteiger partial charge on any atom is 0.335 e. The number of morpholine rings is 1. The average molecular weight is 635 g/mol. The van der Waals surface area contributed by atoms with Gasteiger partial charge in [0.25, 0.3) is 0 Å². The van der Waals surface area contributed by atoms with Gasteiger partial charge in [-0.2, -0.15) is 4.68 Å².